The van der Waals surface area contributed by atoms with E-state index in [0.29, 0.717) is 36.5 Å². The van der Waals surface area contributed by atoms with Gasteiger partial charge in [-0.05, 0) is 92.8 Å². The average molecular weight is 901 g/mol. The Morgan fingerprint density at radius 2 is 1.32 bits per heavy atom. The van der Waals surface area contributed by atoms with E-state index in [-0.39, 0.29) is 28.8 Å². The number of rotatable bonds is 8. The maximum absolute atomic E-state index is 12.0. The molecule has 18 heteroatoms. The molecular formula is C45H72O18. The molecule has 0 amide bonds. The van der Waals surface area contributed by atoms with Gasteiger partial charge in [-0.25, -0.2) is 0 Å². The number of ether oxygens (including phenoxy) is 8. The van der Waals surface area contributed by atoms with Crippen molar-refractivity contribution in [2.75, 3.05) is 13.2 Å². The van der Waals surface area contributed by atoms with Crippen LogP contribution in [0.5, 0.6) is 0 Å². The molecule has 9 aliphatic rings. The van der Waals surface area contributed by atoms with Crippen LogP contribution in [-0.2, 0) is 37.9 Å². The standard InChI is InChI=1S/C45H72O18/c1-18-8-13-45(63-39(18)55)19(2)29-26(62-45)15-25-23-7-6-21-14-22(9-11-43(21,4)24(23)10-12-44(25,29)5)57-42-38(61-40-34(52)32(50)30(48)20(3)56-40)36(54)37(28(17-47)59-42)60-41-35(53)33(51)31(49)27(16-46)58-41/h6,18-20,22-42,46-55H,7-17H2,1-5H3/t18-,19+,20+,22+,23?,24?,25?,26?,27+,28-,29?,30+,31+,32-,33-,34-,35+,36+,37-,38-,39?,40+,41-,42-,43+,44+,45?/m1/s1. The average Bonchev–Trinajstić information content (AvgIpc) is 3.70. The first-order chi connectivity index (χ1) is 29.8. The third kappa shape index (κ3) is 7.71. The SMILES string of the molecule is C[C@@H]1CCC2(OC3CC4C5CC=C6C[C@@H](O[C@@H]7O[C@H](CO)[C@@H](O[C@H]8O[C@@H](CO)[C@H](O)[C@@H](O)[C@@H]8O)[C@H](O)[C@H]7O[C@@H]7O[C@@H](C)[C@H](O)[C@@H](O)[C@H]7O)CC[C@]6(C)C5CC[C@]4(C)C3[C@@H]2C)OC1O. The summed E-state index contributed by atoms with van der Waals surface area (Å²) >= 11 is 0. The highest BCUT2D eigenvalue weighted by Gasteiger charge is 2.69. The summed E-state index contributed by atoms with van der Waals surface area (Å²) < 4.78 is 49.5. The maximum Gasteiger partial charge on any atom is 0.187 e. The molecule has 63 heavy (non-hydrogen) atoms. The smallest absolute Gasteiger partial charge is 0.187 e. The van der Waals surface area contributed by atoms with Crippen molar-refractivity contribution in [3.05, 3.63) is 11.6 Å². The molecule has 5 saturated heterocycles. The van der Waals surface area contributed by atoms with Gasteiger partial charge in [0.05, 0.1) is 31.5 Å². The van der Waals surface area contributed by atoms with Gasteiger partial charge in [0.1, 0.15) is 67.1 Å². The Bertz CT molecular complexity index is 1650. The summed E-state index contributed by atoms with van der Waals surface area (Å²) in [5, 5.41) is 106. The van der Waals surface area contributed by atoms with E-state index >= 15 is 0 Å². The molecule has 4 aliphatic carbocycles. The zero-order chi connectivity index (χ0) is 45.1. The van der Waals surface area contributed by atoms with Crippen LogP contribution in [0, 0.1) is 46.3 Å². The van der Waals surface area contributed by atoms with Crippen LogP contribution >= 0.6 is 0 Å². The summed E-state index contributed by atoms with van der Waals surface area (Å²) in [6.45, 7) is 9.22. The van der Waals surface area contributed by atoms with Gasteiger partial charge in [-0.2, -0.15) is 0 Å². The van der Waals surface area contributed by atoms with Gasteiger partial charge in [-0.1, -0.05) is 39.3 Å². The molecule has 0 aromatic heterocycles. The van der Waals surface area contributed by atoms with Gasteiger partial charge < -0.3 is 89.0 Å². The highest BCUT2D eigenvalue weighted by molar-refractivity contribution is 5.26. The minimum atomic E-state index is -1.83. The van der Waals surface area contributed by atoms with Gasteiger partial charge in [0, 0.05) is 18.3 Å². The lowest BCUT2D eigenvalue weighted by atomic mass is 9.47. The van der Waals surface area contributed by atoms with Crippen molar-refractivity contribution >= 4 is 0 Å². The third-order valence-corrected chi connectivity index (χ3v) is 17.8. The second kappa shape index (κ2) is 17.5. The quantitative estimate of drug-likeness (QED) is 0.138. The molecule has 10 N–H and O–H groups in total. The van der Waals surface area contributed by atoms with Crippen molar-refractivity contribution in [2.24, 2.45) is 46.3 Å². The van der Waals surface area contributed by atoms with Crippen molar-refractivity contribution in [3.8, 4) is 0 Å². The number of aliphatic hydroxyl groups is 10. The highest BCUT2D eigenvalue weighted by atomic mass is 16.8. The minimum absolute atomic E-state index is 0.0732. The first kappa shape index (κ1) is 47.1. The molecule has 0 aromatic carbocycles. The van der Waals surface area contributed by atoms with Gasteiger partial charge in [-0.3, -0.25) is 0 Å². The molecule has 0 bridgehead atoms. The van der Waals surface area contributed by atoms with Crippen LogP contribution < -0.4 is 0 Å². The second-order valence-electron chi connectivity index (χ2n) is 21.1. The largest absolute Gasteiger partial charge is 0.394 e. The molecule has 0 aromatic rings. The number of hydrogen-bond acceptors (Lipinski definition) is 18. The molecular weight excluding hydrogens is 828 g/mol. The summed E-state index contributed by atoms with van der Waals surface area (Å²) in [6.07, 6.45) is -14.0. The molecule has 1 spiro atoms. The van der Waals surface area contributed by atoms with Crippen LogP contribution in [-0.4, -0.2) is 181 Å². The number of allylic oxidation sites excluding steroid dienone is 1. The van der Waals surface area contributed by atoms with Crippen molar-refractivity contribution in [1.82, 2.24) is 0 Å². The zero-order valence-corrected chi connectivity index (χ0v) is 37.0. The van der Waals surface area contributed by atoms with Gasteiger partial charge in [0.15, 0.2) is 30.9 Å². The number of fused-ring (bicyclic) bond motifs is 7. The van der Waals surface area contributed by atoms with E-state index in [9.17, 15) is 51.1 Å². The minimum Gasteiger partial charge on any atom is -0.394 e. The zero-order valence-electron chi connectivity index (χ0n) is 37.0. The molecule has 8 fully saturated rings. The lowest BCUT2D eigenvalue weighted by Gasteiger charge is -2.59. The lowest BCUT2D eigenvalue weighted by Crippen LogP contribution is -2.67. The summed E-state index contributed by atoms with van der Waals surface area (Å²) in [5.74, 6) is 1.34. The number of hydrogen-bond donors (Lipinski definition) is 10. The Kier molecular flexibility index (Phi) is 13.1. The van der Waals surface area contributed by atoms with Crippen LogP contribution in [0.15, 0.2) is 11.6 Å². The Hall–Kier alpha value is -0.980. The van der Waals surface area contributed by atoms with Gasteiger partial charge in [-0.15, -0.1) is 0 Å². The number of aliphatic hydroxyl groups excluding tert-OH is 10. The molecule has 5 aliphatic heterocycles. The van der Waals surface area contributed by atoms with E-state index in [2.05, 4.69) is 26.8 Å². The fourth-order valence-corrected chi connectivity index (χ4v) is 14.1. The fourth-order valence-electron chi connectivity index (χ4n) is 14.1. The predicted molar refractivity (Wildman–Crippen MR) is 215 cm³/mol. The van der Waals surface area contributed by atoms with Crippen molar-refractivity contribution < 1.29 is 89.0 Å². The van der Waals surface area contributed by atoms with Crippen LogP contribution in [0.25, 0.3) is 0 Å². The van der Waals surface area contributed by atoms with Crippen LogP contribution in [0.2, 0.25) is 0 Å². The molecule has 5 heterocycles. The van der Waals surface area contributed by atoms with Crippen molar-refractivity contribution in [2.45, 2.75) is 209 Å². The van der Waals surface area contributed by atoms with E-state index in [1.165, 1.54) is 12.5 Å². The van der Waals surface area contributed by atoms with E-state index in [1.54, 1.807) is 0 Å². The topological polar surface area (TPSA) is 276 Å². The molecule has 18 nitrogen and oxygen atoms in total. The van der Waals surface area contributed by atoms with Crippen LogP contribution in [0.3, 0.4) is 0 Å². The van der Waals surface area contributed by atoms with Crippen molar-refractivity contribution in [1.29, 1.82) is 0 Å². The molecule has 27 atom stereocenters. The van der Waals surface area contributed by atoms with E-state index in [1.807, 2.05) is 6.92 Å². The van der Waals surface area contributed by atoms with Crippen molar-refractivity contribution in [3.63, 3.8) is 0 Å². The Morgan fingerprint density at radius 3 is 2.02 bits per heavy atom. The normalized spacial score (nSPS) is 58.1. The van der Waals surface area contributed by atoms with Gasteiger partial charge in [0.25, 0.3) is 0 Å². The van der Waals surface area contributed by atoms with E-state index < -0.39 is 124 Å². The Balaban J connectivity index is 0.917. The third-order valence-electron chi connectivity index (χ3n) is 17.8. The summed E-state index contributed by atoms with van der Waals surface area (Å²) in [5.41, 5.74) is 1.32. The van der Waals surface area contributed by atoms with Gasteiger partial charge in [0.2, 0.25) is 0 Å². The summed E-state index contributed by atoms with van der Waals surface area (Å²) in [6, 6.07) is 0. The molecule has 3 saturated carbocycles. The van der Waals surface area contributed by atoms with Gasteiger partial charge >= 0.3 is 0 Å². The molecule has 0 radical (unpaired) electrons. The highest BCUT2D eigenvalue weighted by Crippen LogP contribution is 2.71. The summed E-state index contributed by atoms with van der Waals surface area (Å²) in [7, 11) is 0. The first-order valence-corrected chi connectivity index (χ1v) is 23.5. The first-order valence-electron chi connectivity index (χ1n) is 23.5. The van der Waals surface area contributed by atoms with Crippen LogP contribution in [0.4, 0.5) is 0 Å². The van der Waals surface area contributed by atoms with Crippen LogP contribution in [0.1, 0.15) is 92.4 Å². The predicted octanol–water partition coefficient (Wildman–Crippen LogP) is -0.467. The monoisotopic (exact) mass is 900 g/mol. The Morgan fingerprint density at radius 1 is 0.651 bits per heavy atom. The fraction of sp³-hybridized carbons (Fsp3) is 0.956. The maximum atomic E-state index is 12.0. The molecule has 360 valence electrons. The van der Waals surface area contributed by atoms with E-state index in [4.69, 9.17) is 37.9 Å². The summed E-state index contributed by atoms with van der Waals surface area (Å²) in [4.78, 5) is 0. The van der Waals surface area contributed by atoms with E-state index in [0.717, 1.165) is 44.9 Å². The molecule has 9 rings (SSSR count). The lowest BCUT2D eigenvalue weighted by molar-refractivity contribution is -0.389. The Labute approximate surface area is 368 Å². The molecule has 7 unspecified atom stereocenters. The second-order valence-corrected chi connectivity index (χ2v) is 21.1.